The van der Waals surface area contributed by atoms with Crippen LogP contribution in [0.2, 0.25) is 0 Å². The van der Waals surface area contributed by atoms with Crippen LogP contribution in [0.3, 0.4) is 0 Å². The van der Waals surface area contributed by atoms with Gasteiger partial charge in [0.1, 0.15) is 0 Å². The molecule has 0 aliphatic rings. The number of hydrogen-bond acceptors (Lipinski definition) is 2. The Hall–Kier alpha value is -0.220. The van der Waals surface area contributed by atoms with Crippen LogP contribution >= 0.6 is 15.2 Å². The topological polar surface area (TPSA) is 115 Å². The summed E-state index contributed by atoms with van der Waals surface area (Å²) in [6, 6.07) is 0. The first-order valence-electron chi connectivity index (χ1n) is 7.34. The van der Waals surface area contributed by atoms with Gasteiger partial charge in [0.25, 0.3) is 0 Å². The molecule has 8 heteroatoms. The molecule has 0 aromatic rings. The van der Waals surface area contributed by atoms with Crippen molar-refractivity contribution < 1.29 is 28.7 Å². The summed E-state index contributed by atoms with van der Waals surface area (Å²) in [5.41, 5.74) is 2.53. The van der Waals surface area contributed by atoms with Crippen LogP contribution < -0.4 is 0 Å². The fraction of sp³-hybridized carbons (Fsp3) is 0.714. The standard InChI is InChI=1S/C14H28O6P2/c1-12(2)8-7-10-13(3)9-5-4-6-11-14(21(15,16)17)22(18,19)20/h8-9,14H,4-7,10-11H2,1-3H3,(H2,15,16,17)(H2,18,19,20)/b13-9+. The van der Waals surface area contributed by atoms with Gasteiger partial charge in [-0.15, -0.1) is 0 Å². The van der Waals surface area contributed by atoms with E-state index in [0.717, 1.165) is 19.3 Å². The number of rotatable bonds is 10. The highest BCUT2D eigenvalue weighted by atomic mass is 31.2. The summed E-state index contributed by atoms with van der Waals surface area (Å²) in [5, 5.41) is -1.87. The van der Waals surface area contributed by atoms with Crippen LogP contribution in [0.25, 0.3) is 0 Å². The zero-order chi connectivity index (χ0) is 17.4. The Morgan fingerprint density at radius 3 is 1.91 bits per heavy atom. The van der Waals surface area contributed by atoms with Crippen LogP contribution in [0.5, 0.6) is 0 Å². The molecule has 0 saturated heterocycles. The predicted molar refractivity (Wildman–Crippen MR) is 88.8 cm³/mol. The average Bonchev–Trinajstić information content (AvgIpc) is 2.29. The maximum Gasteiger partial charge on any atom is 0.340 e. The molecule has 6 nitrogen and oxygen atoms in total. The zero-order valence-corrected chi connectivity index (χ0v) is 15.3. The van der Waals surface area contributed by atoms with Gasteiger partial charge in [0, 0.05) is 0 Å². The van der Waals surface area contributed by atoms with E-state index >= 15 is 0 Å². The molecule has 0 saturated carbocycles. The smallest absolute Gasteiger partial charge is 0.324 e. The van der Waals surface area contributed by atoms with Crippen LogP contribution in [0.4, 0.5) is 0 Å². The van der Waals surface area contributed by atoms with Crippen molar-refractivity contribution in [3.8, 4) is 0 Å². The minimum absolute atomic E-state index is 0.167. The summed E-state index contributed by atoms with van der Waals surface area (Å²) in [4.78, 5) is 36.0. The molecule has 0 fully saturated rings. The minimum Gasteiger partial charge on any atom is -0.324 e. The van der Waals surface area contributed by atoms with Gasteiger partial charge in [-0.3, -0.25) is 9.13 Å². The molecule has 130 valence electrons. The van der Waals surface area contributed by atoms with Crippen molar-refractivity contribution in [2.45, 2.75) is 64.7 Å². The molecule has 22 heavy (non-hydrogen) atoms. The maximum atomic E-state index is 11.1. The molecule has 0 aromatic carbocycles. The highest BCUT2D eigenvalue weighted by Gasteiger charge is 2.42. The van der Waals surface area contributed by atoms with Gasteiger partial charge in [0.15, 0.2) is 5.40 Å². The van der Waals surface area contributed by atoms with E-state index in [2.05, 4.69) is 26.0 Å². The Balaban J connectivity index is 4.18. The molecule has 0 aromatic heterocycles. The molecule has 0 spiro atoms. The molecule has 0 radical (unpaired) electrons. The summed E-state index contributed by atoms with van der Waals surface area (Å²) < 4.78 is 22.2. The van der Waals surface area contributed by atoms with Crippen LogP contribution in [0.1, 0.15) is 59.3 Å². The van der Waals surface area contributed by atoms with E-state index in [1.807, 2.05) is 6.92 Å². The Morgan fingerprint density at radius 2 is 1.45 bits per heavy atom. The van der Waals surface area contributed by atoms with E-state index in [1.54, 1.807) is 0 Å². The highest BCUT2D eigenvalue weighted by Crippen LogP contribution is 2.61. The molecule has 0 heterocycles. The summed E-state index contributed by atoms with van der Waals surface area (Å²) in [7, 11) is -9.55. The fourth-order valence-electron chi connectivity index (χ4n) is 2.04. The molecule has 0 rings (SSSR count). The first-order valence-corrected chi connectivity index (χ1v) is 10.7. The van der Waals surface area contributed by atoms with Gasteiger partial charge in [-0.1, -0.05) is 29.7 Å². The van der Waals surface area contributed by atoms with Crippen molar-refractivity contribution in [2.75, 3.05) is 0 Å². The van der Waals surface area contributed by atoms with Crippen molar-refractivity contribution in [3.63, 3.8) is 0 Å². The molecular weight excluding hydrogens is 326 g/mol. The molecule has 0 amide bonds. The lowest BCUT2D eigenvalue weighted by atomic mass is 10.1. The van der Waals surface area contributed by atoms with Crippen molar-refractivity contribution in [2.24, 2.45) is 0 Å². The molecular formula is C14H28O6P2. The second kappa shape index (κ2) is 9.82. The summed E-state index contributed by atoms with van der Waals surface area (Å²) in [5.74, 6) is 0. The third-order valence-corrected chi connectivity index (χ3v) is 7.15. The predicted octanol–water partition coefficient (Wildman–Crippen LogP) is 3.92. The number of unbranched alkanes of at least 4 members (excludes halogenated alkanes) is 2. The summed E-state index contributed by atoms with van der Waals surface area (Å²) in [6.07, 6.45) is 7.80. The van der Waals surface area contributed by atoms with Crippen LogP contribution in [0, 0.1) is 0 Å². The van der Waals surface area contributed by atoms with Gasteiger partial charge in [-0.2, -0.15) is 0 Å². The number of allylic oxidation sites excluding steroid dienone is 4. The average molecular weight is 354 g/mol. The van der Waals surface area contributed by atoms with Crippen LogP contribution in [-0.2, 0) is 9.13 Å². The minimum atomic E-state index is -4.77. The van der Waals surface area contributed by atoms with Crippen molar-refractivity contribution in [3.05, 3.63) is 23.3 Å². The third-order valence-electron chi connectivity index (χ3n) is 3.28. The molecule has 0 aliphatic carbocycles. The largest absolute Gasteiger partial charge is 0.340 e. The van der Waals surface area contributed by atoms with E-state index in [9.17, 15) is 9.13 Å². The molecule has 4 N–H and O–H groups in total. The van der Waals surface area contributed by atoms with E-state index in [0.29, 0.717) is 12.8 Å². The lowest BCUT2D eigenvalue weighted by Gasteiger charge is -2.19. The fourth-order valence-corrected chi connectivity index (χ4v) is 4.65. The Bertz CT molecular complexity index is 460. The van der Waals surface area contributed by atoms with Crippen molar-refractivity contribution in [1.82, 2.24) is 0 Å². The molecule has 0 unspecified atom stereocenters. The summed E-state index contributed by atoms with van der Waals surface area (Å²) >= 11 is 0. The van der Waals surface area contributed by atoms with Gasteiger partial charge in [-0.05, 0) is 52.9 Å². The van der Waals surface area contributed by atoms with Gasteiger partial charge in [0.2, 0.25) is 0 Å². The second-order valence-electron chi connectivity index (χ2n) is 5.81. The molecule has 0 aliphatic heterocycles. The van der Waals surface area contributed by atoms with Gasteiger partial charge in [0.05, 0.1) is 0 Å². The maximum absolute atomic E-state index is 11.1. The Kier molecular flexibility index (Phi) is 9.72. The normalized spacial score (nSPS) is 13.5. The second-order valence-corrected chi connectivity index (χ2v) is 9.82. The molecule has 0 atom stereocenters. The SMILES string of the molecule is CC(C)=CCC/C(C)=C/CCCCC(P(=O)(O)O)P(=O)(O)O. The summed E-state index contributed by atoms with van der Waals surface area (Å²) in [6.45, 7) is 6.14. The first-order chi connectivity index (χ1) is 9.94. The first kappa shape index (κ1) is 21.8. The van der Waals surface area contributed by atoms with E-state index in [4.69, 9.17) is 19.6 Å². The van der Waals surface area contributed by atoms with E-state index in [1.165, 1.54) is 11.1 Å². The lowest BCUT2D eigenvalue weighted by molar-refractivity contribution is 0.334. The van der Waals surface area contributed by atoms with Gasteiger partial charge >= 0.3 is 15.2 Å². The Morgan fingerprint density at radius 1 is 0.909 bits per heavy atom. The van der Waals surface area contributed by atoms with Gasteiger partial charge in [-0.25, -0.2) is 0 Å². The van der Waals surface area contributed by atoms with E-state index < -0.39 is 20.6 Å². The molecule has 0 bridgehead atoms. The highest BCUT2D eigenvalue weighted by molar-refractivity contribution is 7.70. The van der Waals surface area contributed by atoms with Crippen molar-refractivity contribution in [1.29, 1.82) is 0 Å². The van der Waals surface area contributed by atoms with Crippen molar-refractivity contribution >= 4 is 15.2 Å². The lowest BCUT2D eigenvalue weighted by Crippen LogP contribution is -2.09. The monoisotopic (exact) mass is 354 g/mol. The van der Waals surface area contributed by atoms with Crippen LogP contribution in [0.15, 0.2) is 23.3 Å². The van der Waals surface area contributed by atoms with Gasteiger partial charge < -0.3 is 19.6 Å². The number of hydrogen-bond donors (Lipinski definition) is 4. The van der Waals surface area contributed by atoms with Crippen LogP contribution in [-0.4, -0.2) is 25.0 Å². The quantitative estimate of drug-likeness (QED) is 0.268. The third kappa shape index (κ3) is 10.5. The Labute approximate surface area is 132 Å². The zero-order valence-electron chi connectivity index (χ0n) is 13.5. The van der Waals surface area contributed by atoms with E-state index in [-0.39, 0.29) is 6.42 Å².